The molecule has 0 amide bonds. The summed E-state index contributed by atoms with van der Waals surface area (Å²) in [7, 11) is 0. The van der Waals surface area contributed by atoms with Gasteiger partial charge in [-0.1, -0.05) is 19.1 Å². The number of aliphatic hydroxyl groups is 1. The van der Waals surface area contributed by atoms with Crippen molar-refractivity contribution >= 4 is 11.0 Å². The first kappa shape index (κ1) is 13.8. The molecule has 0 fully saturated rings. The van der Waals surface area contributed by atoms with Gasteiger partial charge in [-0.05, 0) is 31.5 Å². The van der Waals surface area contributed by atoms with Crippen molar-refractivity contribution in [3.63, 3.8) is 0 Å². The zero-order valence-electron chi connectivity index (χ0n) is 12.0. The third-order valence-corrected chi connectivity index (χ3v) is 3.59. The molecule has 0 aliphatic rings. The topological polar surface area (TPSA) is 51.2 Å². The van der Waals surface area contributed by atoms with Gasteiger partial charge in [0.1, 0.15) is 5.76 Å². The minimum Gasteiger partial charge on any atom is -0.455 e. The van der Waals surface area contributed by atoms with E-state index in [1.165, 1.54) is 6.07 Å². The zero-order valence-corrected chi connectivity index (χ0v) is 12.0. The highest BCUT2D eigenvalue weighted by Gasteiger charge is 2.21. The molecule has 110 valence electrons. The van der Waals surface area contributed by atoms with E-state index in [-0.39, 0.29) is 5.58 Å². The van der Waals surface area contributed by atoms with Gasteiger partial charge in [0.05, 0.1) is 11.4 Å². The van der Waals surface area contributed by atoms with Gasteiger partial charge in [0.25, 0.3) is 0 Å². The summed E-state index contributed by atoms with van der Waals surface area (Å²) in [5, 5.41) is 15.6. The number of fused-ring (bicyclic) bond motifs is 1. The Morgan fingerprint density at radius 1 is 1.33 bits per heavy atom. The molecule has 2 heterocycles. The Hall–Kier alpha value is -2.14. The highest BCUT2D eigenvalue weighted by Crippen LogP contribution is 2.30. The highest BCUT2D eigenvalue weighted by molar-refractivity contribution is 5.78. The Morgan fingerprint density at radius 2 is 2.14 bits per heavy atom. The second-order valence-corrected chi connectivity index (χ2v) is 4.94. The third-order valence-electron chi connectivity index (χ3n) is 3.59. The Labute approximate surface area is 121 Å². The van der Waals surface area contributed by atoms with Gasteiger partial charge >= 0.3 is 0 Å². The number of furan rings is 1. The number of nitrogens with zero attached hydrogens (tertiary/aromatic N) is 2. The van der Waals surface area contributed by atoms with Gasteiger partial charge in [-0.3, -0.25) is 4.68 Å². The Kier molecular flexibility index (Phi) is 3.51. The van der Waals surface area contributed by atoms with Crippen molar-refractivity contribution in [3.8, 4) is 0 Å². The van der Waals surface area contributed by atoms with E-state index in [1.54, 1.807) is 22.9 Å². The first-order chi connectivity index (χ1) is 10.1. The average molecular weight is 288 g/mol. The fourth-order valence-corrected chi connectivity index (χ4v) is 2.46. The first-order valence-corrected chi connectivity index (χ1v) is 7.06. The zero-order chi connectivity index (χ0) is 15.0. The normalized spacial score (nSPS) is 13.0. The van der Waals surface area contributed by atoms with Gasteiger partial charge in [-0.25, -0.2) is 4.39 Å². The van der Waals surface area contributed by atoms with Crippen molar-refractivity contribution < 1.29 is 13.9 Å². The summed E-state index contributed by atoms with van der Waals surface area (Å²) in [5.41, 5.74) is 1.74. The van der Waals surface area contributed by atoms with Gasteiger partial charge in [-0.15, -0.1) is 0 Å². The fraction of sp³-hybridized carbons (Fsp3) is 0.312. The summed E-state index contributed by atoms with van der Waals surface area (Å²) >= 11 is 0. The maximum absolute atomic E-state index is 13.7. The number of hydrogen-bond acceptors (Lipinski definition) is 3. The molecule has 3 rings (SSSR count). The standard InChI is InChI=1S/C16H17FN2O2/c1-3-11-9-13(19(4-2)18-11)15(20)14-8-10-6-5-7-12(17)16(10)21-14/h5-9,15,20H,3-4H2,1-2H3. The van der Waals surface area contributed by atoms with E-state index in [1.807, 2.05) is 19.9 Å². The molecule has 1 unspecified atom stereocenters. The van der Waals surface area contributed by atoms with Crippen LogP contribution in [0.1, 0.15) is 37.1 Å². The molecule has 0 saturated heterocycles. The number of hydrogen-bond donors (Lipinski definition) is 1. The second kappa shape index (κ2) is 5.33. The average Bonchev–Trinajstić information content (AvgIpc) is 3.11. The molecule has 0 saturated carbocycles. The van der Waals surface area contributed by atoms with Crippen molar-refractivity contribution in [1.82, 2.24) is 9.78 Å². The highest BCUT2D eigenvalue weighted by atomic mass is 19.1. The van der Waals surface area contributed by atoms with Gasteiger partial charge in [0.15, 0.2) is 17.5 Å². The quantitative estimate of drug-likeness (QED) is 0.800. The molecule has 0 spiro atoms. The first-order valence-electron chi connectivity index (χ1n) is 7.06. The molecule has 1 atom stereocenters. The summed E-state index contributed by atoms with van der Waals surface area (Å²) in [4.78, 5) is 0. The fourth-order valence-electron chi connectivity index (χ4n) is 2.46. The maximum atomic E-state index is 13.7. The van der Waals surface area contributed by atoms with E-state index in [0.717, 1.165) is 12.1 Å². The van der Waals surface area contributed by atoms with Crippen LogP contribution in [-0.4, -0.2) is 14.9 Å². The monoisotopic (exact) mass is 288 g/mol. The second-order valence-electron chi connectivity index (χ2n) is 4.94. The smallest absolute Gasteiger partial charge is 0.170 e. The van der Waals surface area contributed by atoms with Gasteiger partial charge in [0.2, 0.25) is 0 Å². The summed E-state index contributed by atoms with van der Waals surface area (Å²) < 4.78 is 20.9. The van der Waals surface area contributed by atoms with Crippen LogP contribution < -0.4 is 0 Å². The molecule has 21 heavy (non-hydrogen) atoms. The summed E-state index contributed by atoms with van der Waals surface area (Å²) in [6.07, 6.45) is -0.161. The van der Waals surface area contributed by atoms with Crippen LogP contribution in [0, 0.1) is 5.82 Å². The minimum absolute atomic E-state index is 0.171. The summed E-state index contributed by atoms with van der Waals surface area (Å²) in [6, 6.07) is 8.24. The molecule has 3 aromatic rings. The SMILES string of the molecule is CCc1cc(C(O)c2cc3cccc(F)c3o2)n(CC)n1. The predicted molar refractivity (Wildman–Crippen MR) is 77.5 cm³/mol. The van der Waals surface area contributed by atoms with Crippen LogP contribution in [0.5, 0.6) is 0 Å². The van der Waals surface area contributed by atoms with Crippen LogP contribution in [-0.2, 0) is 13.0 Å². The summed E-state index contributed by atoms with van der Waals surface area (Å²) in [5.74, 6) is -0.100. The molecule has 0 radical (unpaired) electrons. The Bertz CT molecular complexity index is 776. The lowest BCUT2D eigenvalue weighted by Gasteiger charge is -2.09. The lowest BCUT2D eigenvalue weighted by Crippen LogP contribution is -2.08. The molecule has 5 heteroatoms. The Balaban J connectivity index is 2.05. The van der Waals surface area contributed by atoms with Crippen LogP contribution in [0.3, 0.4) is 0 Å². The van der Waals surface area contributed by atoms with Crippen molar-refractivity contribution in [2.45, 2.75) is 32.9 Å². The number of halogens is 1. The molecule has 1 N–H and O–H groups in total. The lowest BCUT2D eigenvalue weighted by atomic mass is 10.1. The molecule has 0 aliphatic heterocycles. The largest absolute Gasteiger partial charge is 0.455 e. The molecular weight excluding hydrogens is 271 g/mol. The van der Waals surface area contributed by atoms with E-state index in [2.05, 4.69) is 5.10 Å². The molecule has 1 aromatic carbocycles. The van der Waals surface area contributed by atoms with E-state index < -0.39 is 11.9 Å². The number of aryl methyl sites for hydroxylation is 2. The van der Waals surface area contributed by atoms with Crippen molar-refractivity contribution in [2.24, 2.45) is 0 Å². The number of para-hydroxylation sites is 1. The van der Waals surface area contributed by atoms with Crippen LogP contribution in [0.15, 0.2) is 34.7 Å². The molecule has 0 aliphatic carbocycles. The lowest BCUT2D eigenvalue weighted by molar-refractivity contribution is 0.181. The van der Waals surface area contributed by atoms with Crippen LogP contribution >= 0.6 is 0 Å². The van der Waals surface area contributed by atoms with Gasteiger partial charge in [-0.2, -0.15) is 5.10 Å². The minimum atomic E-state index is -0.954. The van der Waals surface area contributed by atoms with Crippen molar-refractivity contribution in [3.05, 3.63) is 53.3 Å². The maximum Gasteiger partial charge on any atom is 0.170 e. The number of aliphatic hydroxyl groups excluding tert-OH is 1. The molecule has 2 aromatic heterocycles. The van der Waals surface area contributed by atoms with E-state index in [9.17, 15) is 9.50 Å². The number of aromatic nitrogens is 2. The third kappa shape index (κ3) is 2.34. The molecule has 0 bridgehead atoms. The van der Waals surface area contributed by atoms with Crippen LogP contribution in [0.4, 0.5) is 4.39 Å². The summed E-state index contributed by atoms with van der Waals surface area (Å²) in [6.45, 7) is 4.62. The van der Waals surface area contributed by atoms with Crippen molar-refractivity contribution in [1.29, 1.82) is 0 Å². The van der Waals surface area contributed by atoms with Gasteiger partial charge in [0, 0.05) is 11.9 Å². The van der Waals surface area contributed by atoms with Crippen molar-refractivity contribution in [2.75, 3.05) is 0 Å². The van der Waals surface area contributed by atoms with E-state index in [4.69, 9.17) is 4.42 Å². The molecular formula is C16H17FN2O2. The van der Waals surface area contributed by atoms with Gasteiger partial charge < -0.3 is 9.52 Å². The number of benzene rings is 1. The van der Waals surface area contributed by atoms with Crippen LogP contribution in [0.25, 0.3) is 11.0 Å². The van der Waals surface area contributed by atoms with E-state index >= 15 is 0 Å². The number of rotatable bonds is 4. The van der Waals surface area contributed by atoms with Crippen LogP contribution in [0.2, 0.25) is 0 Å². The predicted octanol–water partition coefficient (Wildman–Crippen LogP) is 3.43. The Morgan fingerprint density at radius 3 is 2.81 bits per heavy atom. The molecule has 4 nitrogen and oxygen atoms in total. The van der Waals surface area contributed by atoms with E-state index in [0.29, 0.717) is 23.4 Å².